The number of piperidine rings is 1. The van der Waals surface area contributed by atoms with Gasteiger partial charge in [-0.2, -0.15) is 9.40 Å². The summed E-state index contributed by atoms with van der Waals surface area (Å²) in [7, 11) is -3.19. The van der Waals surface area contributed by atoms with Crippen LogP contribution >= 0.6 is 0 Å². The molecule has 22 heavy (non-hydrogen) atoms. The Balaban J connectivity index is 1.64. The van der Waals surface area contributed by atoms with E-state index in [4.69, 9.17) is 4.74 Å². The van der Waals surface area contributed by atoms with E-state index in [0.29, 0.717) is 19.0 Å². The molecular weight excluding hydrogens is 302 g/mol. The van der Waals surface area contributed by atoms with Gasteiger partial charge in [-0.3, -0.25) is 0 Å². The first kappa shape index (κ1) is 15.7. The molecule has 0 N–H and O–H groups in total. The zero-order valence-corrected chi connectivity index (χ0v) is 13.5. The molecule has 122 valence electrons. The van der Waals surface area contributed by atoms with E-state index in [1.165, 1.54) is 0 Å². The predicted molar refractivity (Wildman–Crippen MR) is 83.0 cm³/mol. The van der Waals surface area contributed by atoms with Crippen molar-refractivity contribution in [2.45, 2.75) is 56.3 Å². The molecular formula is C15H23N3O3S. The van der Waals surface area contributed by atoms with Crippen LogP contribution in [0.5, 0.6) is 5.88 Å². The zero-order valence-electron chi connectivity index (χ0n) is 12.7. The van der Waals surface area contributed by atoms with Crippen LogP contribution in [-0.4, -0.2) is 47.4 Å². The number of hydrogen-bond acceptors (Lipinski definition) is 5. The number of hydrogen-bond donors (Lipinski definition) is 0. The van der Waals surface area contributed by atoms with Gasteiger partial charge in [0.1, 0.15) is 6.10 Å². The molecule has 7 heteroatoms. The van der Waals surface area contributed by atoms with E-state index >= 15 is 0 Å². The maximum atomic E-state index is 12.8. The van der Waals surface area contributed by atoms with Gasteiger partial charge in [-0.25, -0.2) is 8.42 Å². The van der Waals surface area contributed by atoms with Gasteiger partial charge in [0.2, 0.25) is 15.9 Å². The van der Waals surface area contributed by atoms with Crippen LogP contribution in [0.3, 0.4) is 0 Å². The lowest BCUT2D eigenvalue weighted by molar-refractivity contribution is 0.122. The van der Waals surface area contributed by atoms with Crippen LogP contribution in [0.25, 0.3) is 0 Å². The number of aromatic nitrogens is 2. The first-order valence-electron chi connectivity index (χ1n) is 8.09. The maximum Gasteiger partial charge on any atom is 0.233 e. The molecule has 1 aliphatic heterocycles. The summed E-state index contributed by atoms with van der Waals surface area (Å²) in [6.07, 6.45) is 7.95. The van der Waals surface area contributed by atoms with Gasteiger partial charge in [0, 0.05) is 18.8 Å². The molecule has 3 rings (SSSR count). The second kappa shape index (κ2) is 6.91. The highest BCUT2D eigenvalue weighted by molar-refractivity contribution is 7.89. The first-order chi connectivity index (χ1) is 10.7. The van der Waals surface area contributed by atoms with Crippen LogP contribution in [-0.2, 0) is 10.0 Å². The van der Waals surface area contributed by atoms with Gasteiger partial charge < -0.3 is 4.74 Å². The second-order valence-electron chi connectivity index (χ2n) is 6.11. The minimum Gasteiger partial charge on any atom is -0.472 e. The van der Waals surface area contributed by atoms with Gasteiger partial charge >= 0.3 is 0 Å². The number of sulfonamides is 1. The lowest BCUT2D eigenvalue weighted by Crippen LogP contribution is -2.48. The molecule has 1 aromatic heterocycles. The summed E-state index contributed by atoms with van der Waals surface area (Å²) < 4.78 is 33.0. The third-order valence-electron chi connectivity index (χ3n) is 4.51. The summed E-state index contributed by atoms with van der Waals surface area (Å²) in [6.45, 7) is 1.04. The maximum absolute atomic E-state index is 12.8. The fourth-order valence-corrected chi connectivity index (χ4v) is 5.44. The SMILES string of the molecule is O=S(=O)(C1CCCCC1)N1CCC[C@H](Oc2cccnn2)C1. The van der Waals surface area contributed by atoms with Crippen molar-refractivity contribution in [2.75, 3.05) is 13.1 Å². The molecule has 2 fully saturated rings. The van der Waals surface area contributed by atoms with Gasteiger partial charge in [0.05, 0.1) is 11.8 Å². The van der Waals surface area contributed by atoms with Gasteiger partial charge in [-0.1, -0.05) is 19.3 Å². The molecule has 2 aliphatic rings. The standard InChI is InChI=1S/C15H23N3O3S/c19-22(20,14-7-2-1-3-8-14)18-11-5-6-13(12-18)21-15-9-4-10-16-17-15/h4,9-10,13-14H,1-3,5-8,11-12H2/t13-/m0/s1. The molecule has 0 unspecified atom stereocenters. The van der Waals surface area contributed by atoms with Crippen molar-refractivity contribution in [1.82, 2.24) is 14.5 Å². The molecule has 0 amide bonds. The first-order valence-corrected chi connectivity index (χ1v) is 9.60. The molecule has 1 saturated carbocycles. The van der Waals surface area contributed by atoms with E-state index in [2.05, 4.69) is 10.2 Å². The minimum atomic E-state index is -3.19. The summed E-state index contributed by atoms with van der Waals surface area (Å²) in [5, 5.41) is 7.50. The largest absolute Gasteiger partial charge is 0.472 e. The fraction of sp³-hybridized carbons (Fsp3) is 0.733. The molecule has 1 atom stereocenters. The summed E-state index contributed by atoms with van der Waals surface area (Å²) >= 11 is 0. The summed E-state index contributed by atoms with van der Waals surface area (Å²) in [6, 6.07) is 3.52. The van der Waals surface area contributed by atoms with E-state index in [-0.39, 0.29) is 11.4 Å². The molecule has 1 aromatic rings. The van der Waals surface area contributed by atoms with Crippen molar-refractivity contribution < 1.29 is 13.2 Å². The summed E-state index contributed by atoms with van der Waals surface area (Å²) in [5.74, 6) is 0.462. The molecule has 1 saturated heterocycles. The van der Waals surface area contributed by atoms with E-state index in [0.717, 1.165) is 44.9 Å². The zero-order chi connectivity index (χ0) is 15.4. The predicted octanol–water partition coefficient (Wildman–Crippen LogP) is 1.98. The number of rotatable bonds is 4. The molecule has 0 spiro atoms. The highest BCUT2D eigenvalue weighted by atomic mass is 32.2. The van der Waals surface area contributed by atoms with E-state index in [1.54, 1.807) is 22.6 Å². The molecule has 2 heterocycles. The Bertz CT molecular complexity index is 573. The molecule has 1 aliphatic carbocycles. The Hall–Kier alpha value is -1.21. The van der Waals surface area contributed by atoms with Crippen molar-refractivity contribution >= 4 is 10.0 Å². The molecule has 0 aromatic carbocycles. The van der Waals surface area contributed by atoms with Crippen molar-refractivity contribution in [3.8, 4) is 5.88 Å². The quantitative estimate of drug-likeness (QED) is 0.846. The topological polar surface area (TPSA) is 72.4 Å². The monoisotopic (exact) mass is 325 g/mol. The molecule has 0 bridgehead atoms. The Kier molecular flexibility index (Phi) is 4.93. The van der Waals surface area contributed by atoms with Crippen LogP contribution < -0.4 is 4.74 Å². The Morgan fingerprint density at radius 2 is 1.95 bits per heavy atom. The lowest BCUT2D eigenvalue weighted by atomic mass is 10.0. The Labute approximate surface area is 131 Å². The van der Waals surface area contributed by atoms with E-state index in [1.807, 2.05) is 0 Å². The van der Waals surface area contributed by atoms with Crippen LogP contribution in [0.2, 0.25) is 0 Å². The highest BCUT2D eigenvalue weighted by Gasteiger charge is 2.36. The van der Waals surface area contributed by atoms with Gasteiger partial charge in [-0.05, 0) is 31.7 Å². The van der Waals surface area contributed by atoms with E-state index in [9.17, 15) is 8.42 Å². The average molecular weight is 325 g/mol. The minimum absolute atomic E-state index is 0.135. The smallest absolute Gasteiger partial charge is 0.233 e. The fourth-order valence-electron chi connectivity index (χ4n) is 3.33. The van der Waals surface area contributed by atoms with Crippen molar-refractivity contribution in [3.63, 3.8) is 0 Å². The average Bonchev–Trinajstić information content (AvgIpc) is 2.57. The second-order valence-corrected chi connectivity index (χ2v) is 8.32. The van der Waals surface area contributed by atoms with Gasteiger partial charge in [0.25, 0.3) is 0 Å². The molecule has 0 radical (unpaired) electrons. The Morgan fingerprint density at radius 1 is 1.14 bits per heavy atom. The normalized spacial score (nSPS) is 25.0. The highest BCUT2D eigenvalue weighted by Crippen LogP contribution is 2.28. The lowest BCUT2D eigenvalue weighted by Gasteiger charge is -2.35. The Morgan fingerprint density at radius 3 is 2.68 bits per heavy atom. The van der Waals surface area contributed by atoms with Crippen LogP contribution in [0.1, 0.15) is 44.9 Å². The number of nitrogens with zero attached hydrogens (tertiary/aromatic N) is 3. The van der Waals surface area contributed by atoms with Crippen LogP contribution in [0.4, 0.5) is 0 Å². The van der Waals surface area contributed by atoms with Gasteiger partial charge in [-0.15, -0.1) is 5.10 Å². The summed E-state index contributed by atoms with van der Waals surface area (Å²) in [5.41, 5.74) is 0. The van der Waals surface area contributed by atoms with Crippen molar-refractivity contribution in [2.24, 2.45) is 0 Å². The van der Waals surface area contributed by atoms with E-state index < -0.39 is 10.0 Å². The van der Waals surface area contributed by atoms with Crippen LogP contribution in [0.15, 0.2) is 18.3 Å². The third-order valence-corrected chi connectivity index (χ3v) is 6.87. The van der Waals surface area contributed by atoms with Crippen molar-refractivity contribution in [3.05, 3.63) is 18.3 Å². The third kappa shape index (κ3) is 3.57. The van der Waals surface area contributed by atoms with Crippen LogP contribution in [0, 0.1) is 0 Å². The number of ether oxygens (including phenoxy) is 1. The van der Waals surface area contributed by atoms with Crippen molar-refractivity contribution in [1.29, 1.82) is 0 Å². The summed E-state index contributed by atoms with van der Waals surface area (Å²) in [4.78, 5) is 0. The molecule has 6 nitrogen and oxygen atoms in total. The van der Waals surface area contributed by atoms with Gasteiger partial charge in [0.15, 0.2) is 0 Å².